The highest BCUT2D eigenvalue weighted by atomic mass is 16.4. The molecule has 0 N–H and O–H groups in total. The van der Waals surface area contributed by atoms with Crippen molar-refractivity contribution in [2.45, 2.75) is 19.3 Å². The maximum atomic E-state index is 6.87. The molecule has 0 saturated heterocycles. The van der Waals surface area contributed by atoms with E-state index in [0.29, 0.717) is 11.5 Å². The molecule has 0 saturated carbocycles. The van der Waals surface area contributed by atoms with Gasteiger partial charge in [0.2, 0.25) is 5.89 Å². The molecule has 0 atom stereocenters. The van der Waals surface area contributed by atoms with Crippen molar-refractivity contribution in [3.8, 4) is 33.7 Å². The molecular weight excluding hydrogens is 661 g/mol. The van der Waals surface area contributed by atoms with Crippen LogP contribution in [0.25, 0.3) is 77.5 Å². The van der Waals surface area contributed by atoms with Crippen LogP contribution in [0.2, 0.25) is 0 Å². The molecule has 10 aromatic rings. The Hall–Kier alpha value is -6.91. The fourth-order valence-electron chi connectivity index (χ4n) is 8.68. The van der Waals surface area contributed by atoms with Gasteiger partial charge in [-0.2, -0.15) is 0 Å². The minimum atomic E-state index is -0.142. The third-order valence-corrected chi connectivity index (χ3v) is 11.3. The molecule has 0 aliphatic heterocycles. The Balaban J connectivity index is 1.13. The summed E-state index contributed by atoms with van der Waals surface area (Å²) in [6, 6.07) is 60.2. The van der Waals surface area contributed by atoms with Crippen molar-refractivity contribution in [1.29, 1.82) is 0 Å². The van der Waals surface area contributed by atoms with E-state index in [1.165, 1.54) is 44.2 Å². The highest BCUT2D eigenvalue weighted by Crippen LogP contribution is 2.55. The largest absolute Gasteiger partial charge is 0.454 e. The summed E-state index contributed by atoms with van der Waals surface area (Å²) < 4.78 is 13.1. The average Bonchev–Trinajstić information content (AvgIpc) is 3.88. The number of hydrogen-bond donors (Lipinski definition) is 0. The number of benzene rings is 8. The van der Waals surface area contributed by atoms with Crippen LogP contribution in [-0.4, -0.2) is 4.98 Å². The van der Waals surface area contributed by atoms with Crippen LogP contribution in [0.15, 0.2) is 179 Å². The lowest BCUT2D eigenvalue weighted by molar-refractivity contribution is 0.617. The molecule has 0 unspecified atom stereocenters. The predicted octanol–water partition coefficient (Wildman–Crippen LogP) is 14.0. The zero-order chi connectivity index (χ0) is 36.0. The van der Waals surface area contributed by atoms with Gasteiger partial charge in [0.15, 0.2) is 11.2 Å². The second-order valence-corrected chi connectivity index (χ2v) is 14.7. The number of nitrogens with zero attached hydrogens (tertiary/aromatic N) is 2. The first-order chi connectivity index (χ1) is 26.5. The van der Waals surface area contributed by atoms with Gasteiger partial charge in [-0.1, -0.05) is 135 Å². The van der Waals surface area contributed by atoms with E-state index in [0.717, 1.165) is 50.1 Å². The minimum Gasteiger partial charge on any atom is -0.454 e. The lowest BCUT2D eigenvalue weighted by Crippen LogP contribution is -2.16. The molecule has 0 radical (unpaired) electrons. The van der Waals surface area contributed by atoms with Gasteiger partial charge in [0, 0.05) is 39.1 Å². The maximum Gasteiger partial charge on any atom is 0.227 e. The third-order valence-electron chi connectivity index (χ3n) is 11.3. The van der Waals surface area contributed by atoms with Crippen molar-refractivity contribution in [3.63, 3.8) is 0 Å². The molecule has 1 aliphatic rings. The van der Waals surface area contributed by atoms with Gasteiger partial charge in [0.05, 0.1) is 11.4 Å². The first-order valence-corrected chi connectivity index (χ1v) is 18.5. The summed E-state index contributed by atoms with van der Waals surface area (Å²) in [6.07, 6.45) is 0. The van der Waals surface area contributed by atoms with Gasteiger partial charge in [0.25, 0.3) is 0 Å². The van der Waals surface area contributed by atoms with E-state index >= 15 is 0 Å². The predicted molar refractivity (Wildman–Crippen MR) is 222 cm³/mol. The molecule has 54 heavy (non-hydrogen) atoms. The Bertz CT molecular complexity index is 3070. The molecule has 4 heteroatoms. The fraction of sp³-hybridized carbons (Fsp3) is 0.0600. The van der Waals surface area contributed by atoms with E-state index in [9.17, 15) is 0 Å². The first kappa shape index (κ1) is 30.7. The van der Waals surface area contributed by atoms with Crippen LogP contribution in [0.1, 0.15) is 25.0 Å². The number of rotatable bonds is 5. The Morgan fingerprint density at radius 3 is 2.07 bits per heavy atom. The molecule has 0 spiro atoms. The number of anilines is 3. The van der Waals surface area contributed by atoms with E-state index in [4.69, 9.17) is 13.8 Å². The number of fused-ring (bicyclic) bond motifs is 8. The van der Waals surface area contributed by atoms with Crippen LogP contribution in [-0.2, 0) is 5.41 Å². The molecule has 2 heterocycles. The second kappa shape index (κ2) is 11.5. The van der Waals surface area contributed by atoms with E-state index < -0.39 is 0 Å². The van der Waals surface area contributed by atoms with Crippen molar-refractivity contribution in [2.75, 3.05) is 4.90 Å². The summed E-state index contributed by atoms with van der Waals surface area (Å²) in [5.41, 5.74) is 14.6. The van der Waals surface area contributed by atoms with E-state index in [1.54, 1.807) is 0 Å². The standard InChI is InChI=1S/C50H34N2O2/c1-50(2)40-21-9-8-18-38(40)47-41(50)22-12-23-43(47)52(34-27-25-32(26-28-34)36-19-10-16-31-13-6-7-17-35(31)36)44-24-11-20-37-39-29-42-46(30-45(39)53-48(37)44)54-49(51-42)33-14-4-3-5-15-33/h3-30H,1-2H3. The zero-order valence-corrected chi connectivity index (χ0v) is 29.9. The number of oxazole rings is 1. The molecule has 0 bridgehead atoms. The van der Waals surface area contributed by atoms with Crippen molar-refractivity contribution in [2.24, 2.45) is 0 Å². The van der Waals surface area contributed by atoms with Crippen LogP contribution in [0, 0.1) is 0 Å². The topological polar surface area (TPSA) is 42.4 Å². The van der Waals surface area contributed by atoms with Crippen LogP contribution in [0.4, 0.5) is 17.1 Å². The summed E-state index contributed by atoms with van der Waals surface area (Å²) in [5.74, 6) is 0.600. The van der Waals surface area contributed by atoms with E-state index in [-0.39, 0.29) is 5.41 Å². The SMILES string of the molecule is CC1(C)c2ccccc2-c2c(N(c3ccc(-c4cccc5ccccc45)cc3)c3cccc4c3oc3cc5oc(-c6ccccc6)nc5cc34)cccc21. The van der Waals surface area contributed by atoms with E-state index in [1.807, 2.05) is 36.4 Å². The highest BCUT2D eigenvalue weighted by molar-refractivity contribution is 6.13. The molecule has 4 nitrogen and oxygen atoms in total. The highest BCUT2D eigenvalue weighted by Gasteiger charge is 2.38. The van der Waals surface area contributed by atoms with Crippen molar-refractivity contribution in [3.05, 3.63) is 181 Å². The normalized spacial score (nSPS) is 13.1. The molecule has 256 valence electrons. The van der Waals surface area contributed by atoms with Gasteiger partial charge in [-0.25, -0.2) is 4.98 Å². The molecular formula is C50H34N2O2. The molecule has 1 aliphatic carbocycles. The van der Waals surface area contributed by atoms with Crippen molar-refractivity contribution < 1.29 is 8.83 Å². The molecule has 8 aromatic carbocycles. The monoisotopic (exact) mass is 694 g/mol. The molecule has 0 amide bonds. The Kier molecular flexibility index (Phi) is 6.56. The van der Waals surface area contributed by atoms with E-state index in [2.05, 4.69) is 152 Å². The summed E-state index contributed by atoms with van der Waals surface area (Å²) in [4.78, 5) is 7.26. The summed E-state index contributed by atoms with van der Waals surface area (Å²) in [6.45, 7) is 4.66. The fourth-order valence-corrected chi connectivity index (χ4v) is 8.68. The lowest BCUT2D eigenvalue weighted by atomic mass is 9.82. The quantitative estimate of drug-likeness (QED) is 0.180. The Labute approximate surface area is 312 Å². The van der Waals surface area contributed by atoms with Crippen LogP contribution in [0.3, 0.4) is 0 Å². The van der Waals surface area contributed by atoms with Gasteiger partial charge in [-0.05, 0) is 81.1 Å². The average molecular weight is 695 g/mol. The lowest BCUT2D eigenvalue weighted by Gasteiger charge is -2.29. The first-order valence-electron chi connectivity index (χ1n) is 18.5. The van der Waals surface area contributed by atoms with Crippen LogP contribution in [0.5, 0.6) is 0 Å². The van der Waals surface area contributed by atoms with Gasteiger partial charge < -0.3 is 13.7 Å². The van der Waals surface area contributed by atoms with Crippen LogP contribution < -0.4 is 4.90 Å². The number of furan rings is 1. The summed E-state index contributed by atoms with van der Waals surface area (Å²) in [5, 5.41) is 4.51. The van der Waals surface area contributed by atoms with Crippen molar-refractivity contribution >= 4 is 60.9 Å². The summed E-state index contributed by atoms with van der Waals surface area (Å²) >= 11 is 0. The molecule has 2 aromatic heterocycles. The van der Waals surface area contributed by atoms with Gasteiger partial charge in [0.1, 0.15) is 11.1 Å². The van der Waals surface area contributed by atoms with Crippen molar-refractivity contribution in [1.82, 2.24) is 4.98 Å². The second-order valence-electron chi connectivity index (χ2n) is 14.7. The molecule has 11 rings (SSSR count). The zero-order valence-electron chi connectivity index (χ0n) is 29.9. The van der Waals surface area contributed by atoms with Gasteiger partial charge in [-0.15, -0.1) is 0 Å². The maximum absolute atomic E-state index is 6.87. The number of aromatic nitrogens is 1. The van der Waals surface area contributed by atoms with Gasteiger partial charge >= 0.3 is 0 Å². The molecule has 0 fully saturated rings. The summed E-state index contributed by atoms with van der Waals surface area (Å²) in [7, 11) is 0. The van der Waals surface area contributed by atoms with Crippen LogP contribution >= 0.6 is 0 Å². The Morgan fingerprint density at radius 2 is 1.19 bits per heavy atom. The van der Waals surface area contributed by atoms with Gasteiger partial charge in [-0.3, -0.25) is 0 Å². The number of para-hydroxylation sites is 1. The third kappa shape index (κ3) is 4.53. The minimum absolute atomic E-state index is 0.142. The number of hydrogen-bond acceptors (Lipinski definition) is 4. The smallest absolute Gasteiger partial charge is 0.227 e. The Morgan fingerprint density at radius 1 is 0.500 bits per heavy atom.